The first-order valence-electron chi connectivity index (χ1n) is 6.37. The smallest absolute Gasteiger partial charge is 0.246 e. The molecular formula is C14H20N2O2. The molecule has 98 valence electrons. The molecule has 1 heterocycles. The summed E-state index contributed by atoms with van der Waals surface area (Å²) < 4.78 is 0. The van der Waals surface area contributed by atoms with Crippen molar-refractivity contribution in [1.29, 1.82) is 0 Å². The molecule has 1 aliphatic rings. The van der Waals surface area contributed by atoms with Crippen LogP contribution in [0, 0.1) is 6.92 Å². The Balaban J connectivity index is 2.34. The number of aliphatic hydroxyl groups is 1. The van der Waals surface area contributed by atoms with Crippen LogP contribution in [0.4, 0.5) is 5.69 Å². The minimum absolute atomic E-state index is 0.0481. The lowest BCUT2D eigenvalue weighted by atomic mass is 10.1. The predicted molar refractivity (Wildman–Crippen MR) is 71.6 cm³/mol. The average molecular weight is 248 g/mol. The standard InChI is InChI=1S/C14H20N2O2/c1-10-4-3-5-12(8-10)16-11(2)6-7-15-13(9-17)14(16)18/h3-5,8,11,13,15,17H,6-7,9H2,1-2H3. The molecule has 0 aliphatic carbocycles. The number of nitrogens with one attached hydrogen (secondary N) is 1. The van der Waals surface area contributed by atoms with Gasteiger partial charge in [-0.3, -0.25) is 4.79 Å². The van der Waals surface area contributed by atoms with Crippen LogP contribution in [0.15, 0.2) is 24.3 Å². The highest BCUT2D eigenvalue weighted by molar-refractivity contribution is 5.98. The van der Waals surface area contributed by atoms with E-state index in [9.17, 15) is 9.90 Å². The highest BCUT2D eigenvalue weighted by Gasteiger charge is 2.31. The Morgan fingerprint density at radius 3 is 2.94 bits per heavy atom. The van der Waals surface area contributed by atoms with E-state index in [0.717, 1.165) is 24.2 Å². The van der Waals surface area contributed by atoms with Crippen molar-refractivity contribution < 1.29 is 9.90 Å². The van der Waals surface area contributed by atoms with E-state index in [0.29, 0.717) is 0 Å². The molecule has 0 aromatic heterocycles. The fourth-order valence-corrected chi connectivity index (χ4v) is 2.37. The molecule has 2 rings (SSSR count). The van der Waals surface area contributed by atoms with E-state index in [1.165, 1.54) is 0 Å². The highest BCUT2D eigenvalue weighted by Crippen LogP contribution is 2.22. The zero-order chi connectivity index (χ0) is 13.1. The van der Waals surface area contributed by atoms with Crippen molar-refractivity contribution in [3.8, 4) is 0 Å². The third-order valence-corrected chi connectivity index (χ3v) is 3.39. The van der Waals surface area contributed by atoms with Crippen LogP contribution in [0.2, 0.25) is 0 Å². The van der Waals surface area contributed by atoms with E-state index in [4.69, 9.17) is 0 Å². The Morgan fingerprint density at radius 2 is 2.28 bits per heavy atom. The summed E-state index contributed by atoms with van der Waals surface area (Å²) in [5.74, 6) is -0.0481. The number of hydrogen-bond donors (Lipinski definition) is 2. The van der Waals surface area contributed by atoms with Crippen molar-refractivity contribution in [2.24, 2.45) is 0 Å². The lowest BCUT2D eigenvalue weighted by Gasteiger charge is -2.29. The van der Waals surface area contributed by atoms with Crippen molar-refractivity contribution in [2.75, 3.05) is 18.1 Å². The second-order valence-corrected chi connectivity index (χ2v) is 4.87. The molecule has 0 saturated carbocycles. The first kappa shape index (κ1) is 13.1. The van der Waals surface area contributed by atoms with Gasteiger partial charge in [-0.1, -0.05) is 12.1 Å². The van der Waals surface area contributed by atoms with Gasteiger partial charge in [-0.15, -0.1) is 0 Å². The van der Waals surface area contributed by atoms with Gasteiger partial charge in [0.05, 0.1) is 6.61 Å². The van der Waals surface area contributed by atoms with Gasteiger partial charge in [0, 0.05) is 11.7 Å². The van der Waals surface area contributed by atoms with Gasteiger partial charge in [0.25, 0.3) is 0 Å². The second kappa shape index (κ2) is 5.50. The number of nitrogens with zero attached hydrogens (tertiary/aromatic N) is 1. The fraction of sp³-hybridized carbons (Fsp3) is 0.500. The lowest BCUT2D eigenvalue weighted by Crippen LogP contribution is -2.48. The predicted octanol–water partition coefficient (Wildman–Crippen LogP) is 1.07. The Morgan fingerprint density at radius 1 is 1.50 bits per heavy atom. The van der Waals surface area contributed by atoms with Gasteiger partial charge < -0.3 is 15.3 Å². The number of aliphatic hydroxyl groups excluding tert-OH is 1. The molecule has 1 aromatic carbocycles. The molecule has 1 amide bonds. The third kappa shape index (κ3) is 2.54. The highest BCUT2D eigenvalue weighted by atomic mass is 16.3. The zero-order valence-corrected chi connectivity index (χ0v) is 10.9. The van der Waals surface area contributed by atoms with Crippen molar-refractivity contribution in [3.63, 3.8) is 0 Å². The fourth-order valence-electron chi connectivity index (χ4n) is 2.37. The van der Waals surface area contributed by atoms with Crippen LogP contribution in [-0.4, -0.2) is 36.2 Å². The minimum atomic E-state index is -0.490. The summed E-state index contributed by atoms with van der Waals surface area (Å²) in [4.78, 5) is 14.2. The maximum Gasteiger partial charge on any atom is 0.246 e. The number of amides is 1. The summed E-state index contributed by atoms with van der Waals surface area (Å²) in [6.07, 6.45) is 0.885. The first-order valence-corrected chi connectivity index (χ1v) is 6.37. The number of carbonyl (C=O) groups is 1. The third-order valence-electron chi connectivity index (χ3n) is 3.39. The second-order valence-electron chi connectivity index (χ2n) is 4.87. The van der Waals surface area contributed by atoms with Crippen LogP contribution in [0.1, 0.15) is 18.9 Å². The van der Waals surface area contributed by atoms with E-state index in [1.54, 1.807) is 4.90 Å². The normalized spacial score (nSPS) is 25.1. The Kier molecular flexibility index (Phi) is 3.99. The number of rotatable bonds is 2. The number of benzene rings is 1. The van der Waals surface area contributed by atoms with E-state index in [2.05, 4.69) is 5.32 Å². The number of hydrogen-bond acceptors (Lipinski definition) is 3. The minimum Gasteiger partial charge on any atom is -0.394 e. The Hall–Kier alpha value is -1.39. The van der Waals surface area contributed by atoms with Crippen LogP contribution >= 0.6 is 0 Å². The van der Waals surface area contributed by atoms with E-state index < -0.39 is 6.04 Å². The van der Waals surface area contributed by atoms with Crippen molar-refractivity contribution in [3.05, 3.63) is 29.8 Å². The van der Waals surface area contributed by atoms with E-state index in [-0.39, 0.29) is 18.6 Å². The zero-order valence-electron chi connectivity index (χ0n) is 10.9. The summed E-state index contributed by atoms with van der Waals surface area (Å²) >= 11 is 0. The van der Waals surface area contributed by atoms with E-state index in [1.807, 2.05) is 38.1 Å². The molecule has 4 nitrogen and oxygen atoms in total. The van der Waals surface area contributed by atoms with Gasteiger partial charge in [-0.25, -0.2) is 0 Å². The van der Waals surface area contributed by atoms with Gasteiger partial charge in [-0.05, 0) is 44.5 Å². The first-order chi connectivity index (χ1) is 8.63. The van der Waals surface area contributed by atoms with Crippen molar-refractivity contribution >= 4 is 11.6 Å². The Bertz CT molecular complexity index is 434. The summed E-state index contributed by atoms with van der Waals surface area (Å²) in [6.45, 7) is 4.65. The maximum absolute atomic E-state index is 12.4. The molecule has 1 saturated heterocycles. The Labute approximate surface area is 108 Å². The maximum atomic E-state index is 12.4. The molecule has 1 aliphatic heterocycles. The molecule has 4 heteroatoms. The molecule has 1 aromatic rings. The van der Waals surface area contributed by atoms with Crippen LogP contribution in [0.5, 0.6) is 0 Å². The largest absolute Gasteiger partial charge is 0.394 e. The van der Waals surface area contributed by atoms with Crippen LogP contribution in [0.3, 0.4) is 0 Å². The number of anilines is 1. The van der Waals surface area contributed by atoms with Crippen LogP contribution < -0.4 is 10.2 Å². The molecule has 18 heavy (non-hydrogen) atoms. The van der Waals surface area contributed by atoms with Crippen LogP contribution in [0.25, 0.3) is 0 Å². The van der Waals surface area contributed by atoms with Gasteiger partial charge in [0.2, 0.25) is 5.91 Å². The van der Waals surface area contributed by atoms with Crippen molar-refractivity contribution in [1.82, 2.24) is 5.32 Å². The molecule has 2 unspecified atom stereocenters. The van der Waals surface area contributed by atoms with E-state index >= 15 is 0 Å². The lowest BCUT2D eigenvalue weighted by molar-refractivity contribution is -0.121. The van der Waals surface area contributed by atoms with Gasteiger partial charge in [0.1, 0.15) is 6.04 Å². The van der Waals surface area contributed by atoms with Crippen molar-refractivity contribution in [2.45, 2.75) is 32.4 Å². The SMILES string of the molecule is Cc1cccc(N2C(=O)C(CO)NCCC2C)c1. The van der Waals surface area contributed by atoms with Gasteiger partial charge in [-0.2, -0.15) is 0 Å². The molecule has 0 radical (unpaired) electrons. The average Bonchev–Trinajstić information content (AvgIpc) is 2.48. The quantitative estimate of drug-likeness (QED) is 0.823. The summed E-state index contributed by atoms with van der Waals surface area (Å²) in [5, 5.41) is 12.4. The molecule has 1 fully saturated rings. The summed E-state index contributed by atoms with van der Waals surface area (Å²) in [5.41, 5.74) is 2.04. The molecular weight excluding hydrogens is 228 g/mol. The number of aryl methyl sites for hydroxylation is 1. The number of carbonyl (C=O) groups excluding carboxylic acids is 1. The summed E-state index contributed by atoms with van der Waals surface area (Å²) in [7, 11) is 0. The monoisotopic (exact) mass is 248 g/mol. The topological polar surface area (TPSA) is 52.6 Å². The molecule has 2 N–H and O–H groups in total. The van der Waals surface area contributed by atoms with Crippen LogP contribution in [-0.2, 0) is 4.79 Å². The summed E-state index contributed by atoms with van der Waals surface area (Å²) in [6, 6.07) is 7.57. The van der Waals surface area contributed by atoms with Gasteiger partial charge >= 0.3 is 0 Å². The molecule has 0 spiro atoms. The van der Waals surface area contributed by atoms with Gasteiger partial charge in [0.15, 0.2) is 0 Å². The molecule has 2 atom stereocenters. The molecule has 0 bridgehead atoms.